The molecule has 0 saturated heterocycles. The number of halogens is 2. The average Bonchev–Trinajstić information content (AvgIpc) is 3.00. The first kappa shape index (κ1) is 20.8. The molecular formula is C20H19Cl2N5O2. The van der Waals surface area contributed by atoms with Gasteiger partial charge in [-0.15, -0.1) is 0 Å². The molecule has 0 aliphatic heterocycles. The second-order valence-electron chi connectivity index (χ2n) is 6.29. The van der Waals surface area contributed by atoms with E-state index in [0.717, 1.165) is 5.69 Å². The summed E-state index contributed by atoms with van der Waals surface area (Å²) < 4.78 is 1.66. The largest absolute Gasteiger partial charge is 0.367 e. The van der Waals surface area contributed by atoms with Crippen LogP contribution in [-0.4, -0.2) is 39.5 Å². The van der Waals surface area contributed by atoms with Crippen molar-refractivity contribution in [1.82, 2.24) is 20.1 Å². The third-order valence-corrected chi connectivity index (χ3v) is 4.73. The van der Waals surface area contributed by atoms with Crippen LogP contribution in [0.4, 0.5) is 5.82 Å². The number of carbonyl (C=O) groups excluding carboxylic acids is 2. The number of nitrogens with one attached hydrogen (secondary N) is 2. The fraction of sp³-hybridized carbons (Fsp3) is 0.200. The highest BCUT2D eigenvalue weighted by Crippen LogP contribution is 2.22. The molecule has 9 heteroatoms. The van der Waals surface area contributed by atoms with Crippen LogP contribution in [0.1, 0.15) is 21.7 Å². The molecule has 7 nitrogen and oxygen atoms in total. The molecule has 0 bridgehead atoms. The van der Waals surface area contributed by atoms with Crippen molar-refractivity contribution in [3.8, 4) is 5.69 Å². The van der Waals surface area contributed by atoms with Crippen LogP contribution >= 0.6 is 23.2 Å². The van der Waals surface area contributed by atoms with Crippen LogP contribution in [0.25, 0.3) is 5.69 Å². The van der Waals surface area contributed by atoms with Crippen LogP contribution in [0, 0.1) is 13.8 Å². The van der Waals surface area contributed by atoms with Gasteiger partial charge in [-0.3, -0.25) is 9.59 Å². The van der Waals surface area contributed by atoms with Crippen LogP contribution in [0.5, 0.6) is 0 Å². The predicted molar refractivity (Wildman–Crippen MR) is 113 cm³/mol. The Morgan fingerprint density at radius 3 is 2.52 bits per heavy atom. The molecule has 0 saturated carbocycles. The Hall–Kier alpha value is -2.90. The Labute approximate surface area is 178 Å². The molecule has 29 heavy (non-hydrogen) atoms. The molecule has 1 amide bonds. The summed E-state index contributed by atoms with van der Waals surface area (Å²) in [5.74, 6) is -0.863. The van der Waals surface area contributed by atoms with Gasteiger partial charge in [0.2, 0.25) is 0 Å². The highest BCUT2D eigenvalue weighted by molar-refractivity contribution is 6.43. The maximum absolute atomic E-state index is 12.7. The molecule has 3 rings (SSSR count). The van der Waals surface area contributed by atoms with Gasteiger partial charge in [-0.2, -0.15) is 5.10 Å². The zero-order valence-corrected chi connectivity index (χ0v) is 17.4. The topological polar surface area (TPSA) is 88.9 Å². The number of anilines is 1. The lowest BCUT2D eigenvalue weighted by Crippen LogP contribution is -2.35. The van der Waals surface area contributed by atoms with Crippen molar-refractivity contribution in [3.05, 3.63) is 69.6 Å². The molecule has 150 valence electrons. The molecule has 0 fully saturated rings. The standard InChI is InChI=1S/C20H19Cl2N5O2/c1-12-17(13(2)27(26-12)15-6-4-3-5-7-15)18(28)20(29)24-9-8-23-19-16(22)10-14(21)11-25-19/h3-7,10-11H,8-9H2,1-2H3,(H,23,25)(H,24,29). The smallest absolute Gasteiger partial charge is 0.292 e. The number of benzene rings is 1. The molecule has 2 heterocycles. The molecule has 0 atom stereocenters. The monoisotopic (exact) mass is 431 g/mol. The molecule has 0 unspecified atom stereocenters. The SMILES string of the molecule is Cc1nn(-c2ccccc2)c(C)c1C(=O)C(=O)NCCNc1ncc(Cl)cc1Cl. The normalized spacial score (nSPS) is 10.6. The van der Waals surface area contributed by atoms with Crippen molar-refractivity contribution in [1.29, 1.82) is 0 Å². The first-order chi connectivity index (χ1) is 13.9. The number of Topliss-reactive ketones (excluding diaryl/α,β-unsaturated/α-hetero) is 1. The van der Waals surface area contributed by atoms with Crippen molar-refractivity contribution in [3.63, 3.8) is 0 Å². The number of para-hydroxylation sites is 1. The Morgan fingerprint density at radius 2 is 1.83 bits per heavy atom. The molecule has 0 radical (unpaired) electrons. The van der Waals surface area contributed by atoms with Crippen molar-refractivity contribution < 1.29 is 9.59 Å². The van der Waals surface area contributed by atoms with E-state index in [1.54, 1.807) is 24.6 Å². The minimum atomic E-state index is -0.694. The summed E-state index contributed by atoms with van der Waals surface area (Å²) >= 11 is 11.8. The van der Waals surface area contributed by atoms with Crippen LogP contribution in [-0.2, 0) is 4.79 Å². The average molecular weight is 432 g/mol. The van der Waals surface area contributed by atoms with Gasteiger partial charge in [-0.1, -0.05) is 41.4 Å². The quantitative estimate of drug-likeness (QED) is 0.338. The maximum atomic E-state index is 12.7. The molecule has 3 aromatic rings. The molecule has 2 N–H and O–H groups in total. The summed E-state index contributed by atoms with van der Waals surface area (Å²) in [6, 6.07) is 11.0. The minimum absolute atomic E-state index is 0.218. The molecule has 0 aliphatic rings. The lowest BCUT2D eigenvalue weighted by atomic mass is 10.1. The number of rotatable bonds is 7. The number of aryl methyl sites for hydroxylation is 1. The van der Waals surface area contributed by atoms with Gasteiger partial charge in [0.25, 0.3) is 11.7 Å². The third kappa shape index (κ3) is 4.75. The number of aromatic nitrogens is 3. The Kier molecular flexibility index (Phi) is 6.51. The summed E-state index contributed by atoms with van der Waals surface area (Å²) in [6.07, 6.45) is 1.47. The van der Waals surface area contributed by atoms with Crippen LogP contribution < -0.4 is 10.6 Å². The molecular weight excluding hydrogens is 413 g/mol. The van der Waals surface area contributed by atoms with Crippen LogP contribution in [0.15, 0.2) is 42.6 Å². The Balaban J connectivity index is 1.62. The number of hydrogen-bond donors (Lipinski definition) is 2. The highest BCUT2D eigenvalue weighted by atomic mass is 35.5. The van der Waals surface area contributed by atoms with E-state index >= 15 is 0 Å². The fourth-order valence-electron chi connectivity index (χ4n) is 2.89. The maximum Gasteiger partial charge on any atom is 0.292 e. The van der Waals surface area contributed by atoms with Gasteiger partial charge in [0, 0.05) is 19.3 Å². The summed E-state index contributed by atoms with van der Waals surface area (Å²) in [6.45, 7) is 4.04. The number of pyridine rings is 1. The number of hydrogen-bond acceptors (Lipinski definition) is 5. The second kappa shape index (κ2) is 9.07. The van der Waals surface area contributed by atoms with E-state index in [2.05, 4.69) is 20.7 Å². The van der Waals surface area contributed by atoms with Crippen molar-refractivity contribution in [2.24, 2.45) is 0 Å². The number of ketones is 1. The summed E-state index contributed by atoms with van der Waals surface area (Å²) in [4.78, 5) is 29.1. The van der Waals surface area contributed by atoms with E-state index < -0.39 is 11.7 Å². The first-order valence-electron chi connectivity index (χ1n) is 8.87. The van der Waals surface area contributed by atoms with Crippen molar-refractivity contribution in [2.45, 2.75) is 13.8 Å². The molecule has 2 aromatic heterocycles. The molecule has 0 aliphatic carbocycles. The van der Waals surface area contributed by atoms with E-state index in [0.29, 0.717) is 39.4 Å². The summed E-state index contributed by atoms with van der Waals surface area (Å²) in [5, 5.41) is 10.8. The number of nitrogens with zero attached hydrogens (tertiary/aromatic N) is 3. The van der Waals surface area contributed by atoms with E-state index in [4.69, 9.17) is 23.2 Å². The summed E-state index contributed by atoms with van der Waals surface area (Å²) in [7, 11) is 0. The highest BCUT2D eigenvalue weighted by Gasteiger charge is 2.24. The van der Waals surface area contributed by atoms with Gasteiger partial charge in [0.15, 0.2) is 0 Å². The Morgan fingerprint density at radius 1 is 1.10 bits per heavy atom. The van der Waals surface area contributed by atoms with Gasteiger partial charge < -0.3 is 10.6 Å². The van der Waals surface area contributed by atoms with Crippen molar-refractivity contribution >= 4 is 40.7 Å². The summed E-state index contributed by atoms with van der Waals surface area (Å²) in [5.41, 5.74) is 2.25. The van der Waals surface area contributed by atoms with Crippen LogP contribution in [0.2, 0.25) is 10.0 Å². The van der Waals surface area contributed by atoms with Gasteiger partial charge in [0.05, 0.1) is 32.7 Å². The zero-order chi connectivity index (χ0) is 21.0. The lowest BCUT2D eigenvalue weighted by molar-refractivity contribution is -0.116. The van der Waals surface area contributed by atoms with Gasteiger partial charge in [-0.05, 0) is 32.0 Å². The van der Waals surface area contributed by atoms with Crippen LogP contribution in [0.3, 0.4) is 0 Å². The fourth-order valence-corrected chi connectivity index (χ4v) is 3.33. The van der Waals surface area contributed by atoms with E-state index in [1.165, 1.54) is 6.20 Å². The predicted octanol–water partition coefficient (Wildman–Crippen LogP) is 3.60. The molecule has 1 aromatic carbocycles. The number of amides is 1. The molecule has 0 spiro atoms. The zero-order valence-electron chi connectivity index (χ0n) is 15.9. The van der Waals surface area contributed by atoms with Gasteiger partial charge >= 0.3 is 0 Å². The minimum Gasteiger partial charge on any atom is -0.367 e. The van der Waals surface area contributed by atoms with Crippen molar-refractivity contribution in [2.75, 3.05) is 18.4 Å². The van der Waals surface area contributed by atoms with Gasteiger partial charge in [0.1, 0.15) is 5.82 Å². The van der Waals surface area contributed by atoms with E-state index in [-0.39, 0.29) is 6.54 Å². The first-order valence-corrected chi connectivity index (χ1v) is 9.63. The number of carbonyl (C=O) groups is 2. The van der Waals surface area contributed by atoms with E-state index in [1.807, 2.05) is 30.3 Å². The van der Waals surface area contributed by atoms with E-state index in [9.17, 15) is 9.59 Å². The Bertz CT molecular complexity index is 1050. The van der Waals surface area contributed by atoms with Gasteiger partial charge in [-0.25, -0.2) is 9.67 Å². The second-order valence-corrected chi connectivity index (χ2v) is 7.13. The third-order valence-electron chi connectivity index (χ3n) is 4.24. The lowest BCUT2D eigenvalue weighted by Gasteiger charge is -2.09.